The van der Waals surface area contributed by atoms with Crippen molar-refractivity contribution in [3.8, 4) is 0 Å². The smallest absolute Gasteiger partial charge is 0.0946 e. The van der Waals surface area contributed by atoms with E-state index in [-0.39, 0.29) is 0 Å². The quantitative estimate of drug-likeness (QED) is 0.584. The SMILES string of the molecule is CCCCCC1(Cn2ccnc2)SCC(CCCC)S1. The van der Waals surface area contributed by atoms with Crippen LogP contribution in [0, 0.1) is 0 Å². The Hall–Kier alpha value is -0.0900. The van der Waals surface area contributed by atoms with E-state index < -0.39 is 0 Å². The van der Waals surface area contributed by atoms with Crippen molar-refractivity contribution in [3.05, 3.63) is 18.7 Å². The first kappa shape index (κ1) is 16.3. The fourth-order valence-electron chi connectivity index (χ4n) is 2.79. The Morgan fingerprint density at radius 2 is 2.10 bits per heavy atom. The molecule has 0 aliphatic carbocycles. The molecule has 1 saturated heterocycles. The zero-order valence-corrected chi connectivity index (χ0v) is 14.5. The molecule has 0 spiro atoms. The van der Waals surface area contributed by atoms with Gasteiger partial charge < -0.3 is 4.57 Å². The van der Waals surface area contributed by atoms with Crippen molar-refractivity contribution in [2.45, 2.75) is 74.7 Å². The van der Waals surface area contributed by atoms with E-state index in [0.717, 1.165) is 11.8 Å². The lowest BCUT2D eigenvalue weighted by Gasteiger charge is -2.28. The molecule has 1 aliphatic rings. The molecule has 0 saturated carbocycles. The standard InChI is InChI=1S/C16H28N2S2/c1-3-5-7-9-16(13-18-11-10-17-14-18)19-12-15(20-16)8-6-4-2/h10-11,14-15H,3-9,12-13H2,1-2H3. The van der Waals surface area contributed by atoms with E-state index in [9.17, 15) is 0 Å². The van der Waals surface area contributed by atoms with Gasteiger partial charge in [-0.15, -0.1) is 23.5 Å². The molecule has 0 N–H and O–H groups in total. The van der Waals surface area contributed by atoms with Crippen LogP contribution in [0.25, 0.3) is 0 Å². The van der Waals surface area contributed by atoms with E-state index in [1.54, 1.807) is 0 Å². The molecule has 1 aliphatic heterocycles. The molecule has 2 heterocycles. The summed E-state index contributed by atoms with van der Waals surface area (Å²) in [6, 6.07) is 0. The molecule has 1 aromatic heterocycles. The largest absolute Gasteiger partial charge is 0.335 e. The minimum absolute atomic E-state index is 0.397. The van der Waals surface area contributed by atoms with Gasteiger partial charge in [0.05, 0.1) is 10.4 Å². The first-order valence-electron chi connectivity index (χ1n) is 8.05. The van der Waals surface area contributed by atoms with Crippen molar-refractivity contribution in [2.24, 2.45) is 0 Å². The summed E-state index contributed by atoms with van der Waals surface area (Å²) in [7, 11) is 0. The molecule has 0 amide bonds. The van der Waals surface area contributed by atoms with Crippen LogP contribution in [-0.2, 0) is 6.54 Å². The van der Waals surface area contributed by atoms with Crippen molar-refractivity contribution < 1.29 is 0 Å². The molecule has 1 aromatic rings. The third-order valence-electron chi connectivity index (χ3n) is 3.94. The van der Waals surface area contributed by atoms with Crippen LogP contribution in [0.3, 0.4) is 0 Å². The van der Waals surface area contributed by atoms with Gasteiger partial charge in [-0.2, -0.15) is 0 Å². The highest BCUT2D eigenvalue weighted by atomic mass is 32.2. The lowest BCUT2D eigenvalue weighted by Crippen LogP contribution is -2.24. The van der Waals surface area contributed by atoms with Crippen LogP contribution >= 0.6 is 23.5 Å². The minimum Gasteiger partial charge on any atom is -0.335 e. The minimum atomic E-state index is 0.397. The summed E-state index contributed by atoms with van der Waals surface area (Å²) >= 11 is 4.47. The predicted molar refractivity (Wildman–Crippen MR) is 92.5 cm³/mol. The first-order valence-corrected chi connectivity index (χ1v) is 9.92. The van der Waals surface area contributed by atoms with E-state index in [1.807, 2.05) is 12.5 Å². The molecular formula is C16H28N2S2. The van der Waals surface area contributed by atoms with Crippen molar-refractivity contribution in [1.29, 1.82) is 0 Å². The average Bonchev–Trinajstić information content (AvgIpc) is 3.08. The molecule has 2 rings (SSSR count). The van der Waals surface area contributed by atoms with Gasteiger partial charge in [-0.3, -0.25) is 0 Å². The van der Waals surface area contributed by atoms with Gasteiger partial charge in [0.25, 0.3) is 0 Å². The third-order valence-corrected chi connectivity index (χ3v) is 7.72. The van der Waals surface area contributed by atoms with Crippen LogP contribution in [0.4, 0.5) is 0 Å². The maximum atomic E-state index is 4.20. The van der Waals surface area contributed by atoms with Gasteiger partial charge in [-0.1, -0.05) is 46.0 Å². The van der Waals surface area contributed by atoms with Crippen LogP contribution in [0.1, 0.15) is 58.8 Å². The topological polar surface area (TPSA) is 17.8 Å². The van der Waals surface area contributed by atoms with Crippen LogP contribution in [0.5, 0.6) is 0 Å². The molecule has 0 bridgehead atoms. The molecule has 2 atom stereocenters. The van der Waals surface area contributed by atoms with Gasteiger partial charge >= 0.3 is 0 Å². The van der Waals surface area contributed by atoms with Gasteiger partial charge in [0, 0.05) is 29.9 Å². The zero-order valence-electron chi connectivity index (χ0n) is 12.9. The average molecular weight is 313 g/mol. The Morgan fingerprint density at radius 1 is 1.25 bits per heavy atom. The van der Waals surface area contributed by atoms with Gasteiger partial charge in [0.2, 0.25) is 0 Å². The highest BCUT2D eigenvalue weighted by Crippen LogP contribution is 2.53. The zero-order chi connectivity index (χ0) is 14.3. The lowest BCUT2D eigenvalue weighted by molar-refractivity contribution is 0.554. The molecule has 114 valence electrons. The number of unbranched alkanes of at least 4 members (excludes halogenated alkanes) is 3. The lowest BCUT2D eigenvalue weighted by atomic mass is 10.1. The second-order valence-corrected chi connectivity index (χ2v) is 9.14. The first-order chi connectivity index (χ1) is 9.78. The monoisotopic (exact) mass is 312 g/mol. The Kier molecular flexibility index (Phi) is 6.82. The van der Waals surface area contributed by atoms with Gasteiger partial charge in [0.1, 0.15) is 0 Å². The van der Waals surface area contributed by atoms with E-state index in [4.69, 9.17) is 0 Å². The maximum Gasteiger partial charge on any atom is 0.0946 e. The predicted octanol–water partition coefficient (Wildman–Crippen LogP) is 5.20. The number of imidazole rings is 1. The Balaban J connectivity index is 1.94. The number of hydrogen-bond donors (Lipinski definition) is 0. The molecule has 0 aromatic carbocycles. The number of aromatic nitrogens is 2. The van der Waals surface area contributed by atoms with E-state index in [1.165, 1.54) is 50.7 Å². The molecule has 0 radical (unpaired) electrons. The number of thioether (sulfide) groups is 2. The summed E-state index contributed by atoms with van der Waals surface area (Å²) in [6.45, 7) is 5.71. The summed E-state index contributed by atoms with van der Waals surface area (Å²) in [5.74, 6) is 1.34. The normalized spacial score (nSPS) is 26.2. The highest BCUT2D eigenvalue weighted by Gasteiger charge is 2.40. The van der Waals surface area contributed by atoms with Gasteiger partial charge in [0.15, 0.2) is 0 Å². The molecular weight excluding hydrogens is 284 g/mol. The van der Waals surface area contributed by atoms with Gasteiger partial charge in [-0.25, -0.2) is 4.98 Å². The van der Waals surface area contributed by atoms with Crippen LogP contribution in [-0.4, -0.2) is 24.6 Å². The second-order valence-electron chi connectivity index (χ2n) is 5.80. The Labute approximate surface area is 132 Å². The summed E-state index contributed by atoms with van der Waals surface area (Å²) < 4.78 is 2.67. The summed E-state index contributed by atoms with van der Waals surface area (Å²) in [5.41, 5.74) is 0. The Bertz CT molecular complexity index is 367. The van der Waals surface area contributed by atoms with E-state index in [0.29, 0.717) is 4.08 Å². The van der Waals surface area contributed by atoms with Gasteiger partial charge in [-0.05, 0) is 12.8 Å². The fourth-order valence-corrected chi connectivity index (χ4v) is 6.71. The molecule has 20 heavy (non-hydrogen) atoms. The molecule has 4 heteroatoms. The molecule has 2 unspecified atom stereocenters. The van der Waals surface area contributed by atoms with E-state index >= 15 is 0 Å². The maximum absolute atomic E-state index is 4.20. The van der Waals surface area contributed by atoms with Crippen LogP contribution in [0.2, 0.25) is 0 Å². The molecule has 2 nitrogen and oxygen atoms in total. The Morgan fingerprint density at radius 3 is 2.80 bits per heavy atom. The number of hydrogen-bond acceptors (Lipinski definition) is 3. The summed E-state index contributed by atoms with van der Waals surface area (Å²) in [5, 5.41) is 0.866. The molecule has 1 fully saturated rings. The van der Waals surface area contributed by atoms with Crippen molar-refractivity contribution in [1.82, 2.24) is 9.55 Å². The second kappa shape index (κ2) is 8.38. The highest BCUT2D eigenvalue weighted by molar-refractivity contribution is 8.21. The van der Waals surface area contributed by atoms with Crippen molar-refractivity contribution in [3.63, 3.8) is 0 Å². The van der Waals surface area contributed by atoms with Crippen LogP contribution in [0.15, 0.2) is 18.7 Å². The van der Waals surface area contributed by atoms with Crippen LogP contribution < -0.4 is 0 Å². The number of rotatable bonds is 9. The van der Waals surface area contributed by atoms with Crippen molar-refractivity contribution >= 4 is 23.5 Å². The van der Waals surface area contributed by atoms with Crippen molar-refractivity contribution in [2.75, 3.05) is 5.75 Å². The number of nitrogens with zero attached hydrogens (tertiary/aromatic N) is 2. The fraction of sp³-hybridized carbons (Fsp3) is 0.812. The third kappa shape index (κ3) is 4.73. The van der Waals surface area contributed by atoms with E-state index in [2.05, 4.69) is 53.1 Å². The summed E-state index contributed by atoms with van der Waals surface area (Å²) in [4.78, 5) is 4.20. The summed E-state index contributed by atoms with van der Waals surface area (Å²) in [6.07, 6.45) is 15.5.